The summed E-state index contributed by atoms with van der Waals surface area (Å²) in [5, 5.41) is 7.82. The first-order valence-corrected chi connectivity index (χ1v) is 11.8. The minimum atomic E-state index is 0.231. The molecular weight excluding hydrogens is 482 g/mol. The SMILES string of the molecule is CN(c1ncc2ncnc(Nc3ccc(Oc4ccn5ncnc5c4)c(Cl)c3)c2n1)[C@H]1CCCOC1. The number of hydrogen-bond acceptors (Lipinski definition) is 10. The number of aromatic nitrogens is 7. The number of nitrogens with one attached hydrogen (secondary N) is 1. The lowest BCUT2D eigenvalue weighted by atomic mass is 10.1. The third-order valence-corrected chi connectivity index (χ3v) is 6.33. The van der Waals surface area contributed by atoms with Gasteiger partial charge in [0.15, 0.2) is 11.5 Å². The zero-order valence-electron chi connectivity index (χ0n) is 19.4. The molecule has 1 atom stereocenters. The summed E-state index contributed by atoms with van der Waals surface area (Å²) in [6.45, 7) is 1.46. The van der Waals surface area contributed by atoms with E-state index < -0.39 is 0 Å². The molecule has 0 amide bonds. The number of fused-ring (bicyclic) bond motifs is 2. The molecule has 6 rings (SSSR count). The molecule has 1 aromatic carbocycles. The van der Waals surface area contributed by atoms with E-state index in [9.17, 15) is 0 Å². The van der Waals surface area contributed by atoms with Gasteiger partial charge in [-0.15, -0.1) is 0 Å². The Morgan fingerprint density at radius 3 is 2.94 bits per heavy atom. The summed E-state index contributed by atoms with van der Waals surface area (Å²) in [4.78, 5) is 24.2. The van der Waals surface area contributed by atoms with Crippen LogP contribution in [-0.2, 0) is 4.74 Å². The van der Waals surface area contributed by atoms with E-state index >= 15 is 0 Å². The molecule has 0 saturated carbocycles. The van der Waals surface area contributed by atoms with Crippen molar-refractivity contribution in [2.75, 3.05) is 30.5 Å². The average molecular weight is 504 g/mol. The van der Waals surface area contributed by atoms with Crippen molar-refractivity contribution in [3.05, 3.63) is 60.4 Å². The van der Waals surface area contributed by atoms with Crippen LogP contribution in [0.5, 0.6) is 11.5 Å². The van der Waals surface area contributed by atoms with Gasteiger partial charge in [-0.25, -0.2) is 29.4 Å². The predicted octanol–water partition coefficient (Wildman–Crippen LogP) is 4.27. The highest BCUT2D eigenvalue weighted by atomic mass is 35.5. The zero-order chi connectivity index (χ0) is 24.5. The minimum absolute atomic E-state index is 0.231. The second kappa shape index (κ2) is 9.51. The third kappa shape index (κ3) is 4.45. The molecule has 1 saturated heterocycles. The van der Waals surface area contributed by atoms with Crippen molar-refractivity contribution < 1.29 is 9.47 Å². The molecule has 5 heterocycles. The Morgan fingerprint density at radius 1 is 1.14 bits per heavy atom. The van der Waals surface area contributed by atoms with Crippen LogP contribution in [0.25, 0.3) is 16.7 Å². The van der Waals surface area contributed by atoms with Gasteiger partial charge in [-0.05, 0) is 37.1 Å². The lowest BCUT2D eigenvalue weighted by Gasteiger charge is -2.31. The average Bonchev–Trinajstić information content (AvgIpc) is 3.38. The quantitative estimate of drug-likeness (QED) is 0.360. The predicted molar refractivity (Wildman–Crippen MR) is 135 cm³/mol. The molecule has 1 aliphatic heterocycles. The summed E-state index contributed by atoms with van der Waals surface area (Å²) in [6.07, 6.45) is 8.51. The van der Waals surface area contributed by atoms with Gasteiger partial charge in [-0.3, -0.25) is 0 Å². The smallest absolute Gasteiger partial charge is 0.226 e. The van der Waals surface area contributed by atoms with Crippen LogP contribution in [0.2, 0.25) is 5.02 Å². The number of ether oxygens (including phenoxy) is 2. The second-order valence-electron chi connectivity index (χ2n) is 8.41. The van der Waals surface area contributed by atoms with Crippen LogP contribution in [-0.4, -0.2) is 60.8 Å². The largest absolute Gasteiger partial charge is 0.456 e. The highest BCUT2D eigenvalue weighted by Crippen LogP contribution is 2.33. The summed E-state index contributed by atoms with van der Waals surface area (Å²) >= 11 is 6.54. The summed E-state index contributed by atoms with van der Waals surface area (Å²) < 4.78 is 13.2. The Balaban J connectivity index is 1.24. The summed E-state index contributed by atoms with van der Waals surface area (Å²) in [5.74, 6) is 2.28. The van der Waals surface area contributed by atoms with Gasteiger partial charge >= 0.3 is 0 Å². The Morgan fingerprint density at radius 2 is 2.08 bits per heavy atom. The van der Waals surface area contributed by atoms with Crippen LogP contribution in [0.4, 0.5) is 17.5 Å². The van der Waals surface area contributed by atoms with Gasteiger partial charge in [0, 0.05) is 31.6 Å². The van der Waals surface area contributed by atoms with Crippen LogP contribution < -0.4 is 15.0 Å². The van der Waals surface area contributed by atoms with Crippen LogP contribution in [0.3, 0.4) is 0 Å². The molecule has 5 aromatic rings. The molecule has 1 fully saturated rings. The van der Waals surface area contributed by atoms with E-state index in [0.29, 0.717) is 51.6 Å². The van der Waals surface area contributed by atoms with E-state index in [1.165, 1.54) is 12.7 Å². The lowest BCUT2D eigenvalue weighted by Crippen LogP contribution is -2.39. The molecule has 11 nitrogen and oxygen atoms in total. The van der Waals surface area contributed by atoms with Crippen molar-refractivity contribution >= 4 is 45.7 Å². The summed E-state index contributed by atoms with van der Waals surface area (Å²) in [6, 6.07) is 9.24. The number of anilines is 3. The number of benzene rings is 1. The highest BCUT2D eigenvalue weighted by molar-refractivity contribution is 6.32. The van der Waals surface area contributed by atoms with Crippen molar-refractivity contribution in [2.24, 2.45) is 0 Å². The number of likely N-dealkylation sites (N-methyl/N-ethyl adjacent to an activating group) is 1. The monoisotopic (exact) mass is 503 g/mol. The normalized spacial score (nSPS) is 15.8. The topological polar surface area (TPSA) is 115 Å². The number of rotatable bonds is 6. The number of hydrogen-bond donors (Lipinski definition) is 1. The molecule has 0 aliphatic carbocycles. The summed E-state index contributed by atoms with van der Waals surface area (Å²) in [5.41, 5.74) is 2.67. The first-order chi connectivity index (χ1) is 17.6. The molecular formula is C24H22ClN9O2. The van der Waals surface area contributed by atoms with Gasteiger partial charge in [-0.1, -0.05) is 11.6 Å². The first kappa shape index (κ1) is 22.4. The fourth-order valence-corrected chi connectivity index (χ4v) is 4.30. The molecule has 182 valence electrons. The van der Waals surface area contributed by atoms with Crippen LogP contribution in [0, 0.1) is 0 Å². The van der Waals surface area contributed by atoms with Crippen LogP contribution >= 0.6 is 11.6 Å². The van der Waals surface area contributed by atoms with Crippen molar-refractivity contribution in [3.63, 3.8) is 0 Å². The zero-order valence-corrected chi connectivity index (χ0v) is 20.1. The molecule has 0 radical (unpaired) electrons. The van der Waals surface area contributed by atoms with Crippen molar-refractivity contribution in [3.8, 4) is 11.5 Å². The van der Waals surface area contributed by atoms with Gasteiger partial charge in [0.1, 0.15) is 35.2 Å². The lowest BCUT2D eigenvalue weighted by molar-refractivity contribution is 0.0803. The molecule has 1 N–H and O–H groups in total. The minimum Gasteiger partial charge on any atom is -0.456 e. The fourth-order valence-electron chi connectivity index (χ4n) is 4.08. The highest BCUT2D eigenvalue weighted by Gasteiger charge is 2.21. The first-order valence-electron chi connectivity index (χ1n) is 11.5. The van der Waals surface area contributed by atoms with E-state index in [-0.39, 0.29) is 6.04 Å². The van der Waals surface area contributed by atoms with Gasteiger partial charge in [0.2, 0.25) is 5.95 Å². The van der Waals surface area contributed by atoms with Crippen molar-refractivity contribution in [1.29, 1.82) is 0 Å². The maximum Gasteiger partial charge on any atom is 0.226 e. The number of halogens is 1. The number of nitrogens with zero attached hydrogens (tertiary/aromatic N) is 8. The number of pyridine rings is 1. The van der Waals surface area contributed by atoms with Crippen LogP contribution in [0.1, 0.15) is 12.8 Å². The van der Waals surface area contributed by atoms with Gasteiger partial charge in [-0.2, -0.15) is 5.10 Å². The Labute approximate surface area is 211 Å². The second-order valence-corrected chi connectivity index (χ2v) is 8.81. The van der Waals surface area contributed by atoms with E-state index in [1.807, 2.05) is 13.1 Å². The van der Waals surface area contributed by atoms with E-state index in [0.717, 1.165) is 25.1 Å². The molecule has 12 heteroatoms. The van der Waals surface area contributed by atoms with E-state index in [1.54, 1.807) is 41.2 Å². The maximum absolute atomic E-state index is 6.54. The molecule has 36 heavy (non-hydrogen) atoms. The molecule has 4 aromatic heterocycles. The molecule has 0 unspecified atom stereocenters. The Hall–Kier alpha value is -4.09. The van der Waals surface area contributed by atoms with Gasteiger partial charge in [0.05, 0.1) is 23.9 Å². The Bertz CT molecular complexity index is 1540. The summed E-state index contributed by atoms with van der Waals surface area (Å²) in [7, 11) is 1.98. The van der Waals surface area contributed by atoms with Gasteiger partial charge < -0.3 is 19.7 Å². The van der Waals surface area contributed by atoms with Crippen molar-refractivity contribution in [1.82, 2.24) is 34.5 Å². The van der Waals surface area contributed by atoms with E-state index in [4.69, 9.17) is 26.1 Å². The standard InChI is InChI=1S/C24H22ClN9O2/c1-33(16-3-2-8-35-12-16)24-26-11-19-22(32-24)23(29-13-27-19)31-15-4-5-20(18(25)9-15)36-17-6-7-34-21(10-17)28-14-30-34/h4-7,9-11,13-14,16H,2-3,8,12H2,1H3,(H,27,29,31)/t16-/m0/s1. The van der Waals surface area contributed by atoms with Crippen LogP contribution in [0.15, 0.2) is 55.4 Å². The maximum atomic E-state index is 6.54. The molecule has 0 bridgehead atoms. The van der Waals surface area contributed by atoms with E-state index in [2.05, 4.69) is 35.3 Å². The molecule has 1 aliphatic rings. The molecule has 0 spiro atoms. The Kier molecular flexibility index (Phi) is 5.91. The van der Waals surface area contributed by atoms with Gasteiger partial charge in [0.25, 0.3) is 0 Å². The van der Waals surface area contributed by atoms with Crippen molar-refractivity contribution in [2.45, 2.75) is 18.9 Å². The third-order valence-electron chi connectivity index (χ3n) is 6.04. The fraction of sp³-hybridized carbons (Fsp3) is 0.250.